The quantitative estimate of drug-likeness (QED) is 0.510. The zero-order valence-electron chi connectivity index (χ0n) is 8.60. The van der Waals surface area contributed by atoms with Gasteiger partial charge in [0.1, 0.15) is 0 Å². The summed E-state index contributed by atoms with van der Waals surface area (Å²) < 4.78 is 0. The standard InChI is InChI=1S/C12H22/c1-12(2)9-10-7-5-3-4-6-8-11(10)12/h10-11H,3-9H2,1-2H3. The average Bonchev–Trinajstić information content (AvgIpc) is 1.95. The van der Waals surface area contributed by atoms with Crippen LogP contribution in [-0.2, 0) is 0 Å². The lowest BCUT2D eigenvalue weighted by molar-refractivity contribution is -0.0290. The maximum absolute atomic E-state index is 2.47. The molecule has 0 aromatic rings. The van der Waals surface area contributed by atoms with Crippen LogP contribution >= 0.6 is 0 Å². The van der Waals surface area contributed by atoms with Gasteiger partial charge in [0.2, 0.25) is 0 Å². The normalized spacial score (nSPS) is 40.5. The van der Waals surface area contributed by atoms with E-state index in [9.17, 15) is 0 Å². The van der Waals surface area contributed by atoms with Gasteiger partial charge in [-0.15, -0.1) is 0 Å². The molecule has 2 rings (SSSR count). The molecule has 0 bridgehead atoms. The molecule has 2 saturated carbocycles. The van der Waals surface area contributed by atoms with Gasteiger partial charge in [-0.3, -0.25) is 0 Å². The van der Waals surface area contributed by atoms with Crippen molar-refractivity contribution in [2.24, 2.45) is 17.3 Å². The molecule has 0 amide bonds. The predicted molar refractivity (Wildman–Crippen MR) is 53.1 cm³/mol. The highest BCUT2D eigenvalue weighted by Gasteiger charge is 2.45. The maximum Gasteiger partial charge on any atom is -0.0321 e. The van der Waals surface area contributed by atoms with E-state index in [1.807, 2.05) is 0 Å². The topological polar surface area (TPSA) is 0 Å². The minimum absolute atomic E-state index is 0.696. The van der Waals surface area contributed by atoms with Crippen molar-refractivity contribution >= 4 is 0 Å². The van der Waals surface area contributed by atoms with Gasteiger partial charge in [-0.2, -0.15) is 0 Å². The fraction of sp³-hybridized carbons (Fsp3) is 1.00. The number of hydrogen-bond donors (Lipinski definition) is 0. The summed E-state index contributed by atoms with van der Waals surface area (Å²) in [5, 5.41) is 0. The van der Waals surface area contributed by atoms with Crippen molar-refractivity contribution in [2.45, 2.75) is 58.8 Å². The molecule has 12 heavy (non-hydrogen) atoms. The molecule has 0 aromatic heterocycles. The van der Waals surface area contributed by atoms with E-state index in [-0.39, 0.29) is 0 Å². The minimum atomic E-state index is 0.696. The summed E-state index contributed by atoms with van der Waals surface area (Å²) in [7, 11) is 0. The van der Waals surface area contributed by atoms with Crippen molar-refractivity contribution in [3.05, 3.63) is 0 Å². The van der Waals surface area contributed by atoms with E-state index in [0.717, 1.165) is 11.8 Å². The third-order valence-corrected chi connectivity index (χ3v) is 4.20. The molecule has 0 nitrogen and oxygen atoms in total. The molecule has 0 heterocycles. The van der Waals surface area contributed by atoms with Gasteiger partial charge < -0.3 is 0 Å². The first-order valence-corrected chi connectivity index (χ1v) is 5.70. The van der Waals surface area contributed by atoms with Crippen LogP contribution in [0.3, 0.4) is 0 Å². The molecule has 0 aliphatic heterocycles. The summed E-state index contributed by atoms with van der Waals surface area (Å²) in [6.45, 7) is 4.94. The first-order chi connectivity index (χ1) is 5.70. The highest BCUT2D eigenvalue weighted by Crippen LogP contribution is 2.55. The van der Waals surface area contributed by atoms with Crippen LogP contribution < -0.4 is 0 Å². The van der Waals surface area contributed by atoms with Crippen LogP contribution in [0.5, 0.6) is 0 Å². The van der Waals surface area contributed by atoms with E-state index < -0.39 is 0 Å². The molecule has 2 aliphatic rings. The molecule has 0 heteroatoms. The van der Waals surface area contributed by atoms with Crippen molar-refractivity contribution in [3.8, 4) is 0 Å². The van der Waals surface area contributed by atoms with Gasteiger partial charge in [0.25, 0.3) is 0 Å². The zero-order chi connectivity index (χ0) is 8.60. The Morgan fingerprint density at radius 2 is 1.58 bits per heavy atom. The molecule has 0 radical (unpaired) electrons. The zero-order valence-corrected chi connectivity index (χ0v) is 8.60. The van der Waals surface area contributed by atoms with Crippen molar-refractivity contribution in [1.82, 2.24) is 0 Å². The van der Waals surface area contributed by atoms with Crippen molar-refractivity contribution in [3.63, 3.8) is 0 Å². The summed E-state index contributed by atoms with van der Waals surface area (Å²) >= 11 is 0. The lowest BCUT2D eigenvalue weighted by atomic mass is 9.52. The van der Waals surface area contributed by atoms with E-state index in [4.69, 9.17) is 0 Å². The third-order valence-electron chi connectivity index (χ3n) is 4.20. The first kappa shape index (κ1) is 8.59. The van der Waals surface area contributed by atoms with Gasteiger partial charge in [-0.1, -0.05) is 46.0 Å². The van der Waals surface area contributed by atoms with Gasteiger partial charge in [0.05, 0.1) is 0 Å². The second-order valence-corrected chi connectivity index (χ2v) is 5.55. The predicted octanol–water partition coefficient (Wildman–Crippen LogP) is 4.00. The highest BCUT2D eigenvalue weighted by molar-refractivity contribution is 4.95. The average molecular weight is 166 g/mol. The molecule has 2 fully saturated rings. The molecular weight excluding hydrogens is 144 g/mol. The molecule has 0 aromatic carbocycles. The van der Waals surface area contributed by atoms with Crippen LogP contribution in [0.15, 0.2) is 0 Å². The SMILES string of the molecule is CC1(C)CC2CCCCCCC21. The Labute approximate surface area is 76.7 Å². The lowest BCUT2D eigenvalue weighted by Gasteiger charge is -2.53. The second-order valence-electron chi connectivity index (χ2n) is 5.55. The monoisotopic (exact) mass is 166 g/mol. The summed E-state index contributed by atoms with van der Waals surface area (Å²) in [5.41, 5.74) is 0.696. The second kappa shape index (κ2) is 3.05. The van der Waals surface area contributed by atoms with Crippen LogP contribution in [0.2, 0.25) is 0 Å². The van der Waals surface area contributed by atoms with Crippen molar-refractivity contribution < 1.29 is 0 Å². The Hall–Kier alpha value is 0. The molecule has 2 unspecified atom stereocenters. The van der Waals surface area contributed by atoms with Crippen LogP contribution in [0.25, 0.3) is 0 Å². The smallest absolute Gasteiger partial charge is 0.0321 e. The van der Waals surface area contributed by atoms with Crippen LogP contribution in [0.1, 0.15) is 58.8 Å². The fourth-order valence-corrected chi connectivity index (χ4v) is 3.50. The molecule has 70 valence electrons. The van der Waals surface area contributed by atoms with E-state index >= 15 is 0 Å². The van der Waals surface area contributed by atoms with Gasteiger partial charge >= 0.3 is 0 Å². The van der Waals surface area contributed by atoms with Crippen LogP contribution in [0.4, 0.5) is 0 Å². The molecule has 0 spiro atoms. The number of hydrogen-bond acceptors (Lipinski definition) is 0. The van der Waals surface area contributed by atoms with Gasteiger partial charge in [-0.25, -0.2) is 0 Å². The van der Waals surface area contributed by atoms with E-state index in [1.165, 1.54) is 44.9 Å². The van der Waals surface area contributed by atoms with Crippen LogP contribution in [-0.4, -0.2) is 0 Å². The lowest BCUT2D eigenvalue weighted by Crippen LogP contribution is -2.44. The Morgan fingerprint density at radius 3 is 2.25 bits per heavy atom. The molecule has 0 N–H and O–H groups in total. The Morgan fingerprint density at radius 1 is 0.917 bits per heavy atom. The molecule has 2 atom stereocenters. The number of fused-ring (bicyclic) bond motifs is 1. The Balaban J connectivity index is 1.95. The summed E-state index contributed by atoms with van der Waals surface area (Å²) in [4.78, 5) is 0. The molecule has 2 aliphatic carbocycles. The largest absolute Gasteiger partial charge is 0.0596 e. The van der Waals surface area contributed by atoms with Crippen molar-refractivity contribution in [1.29, 1.82) is 0 Å². The van der Waals surface area contributed by atoms with Gasteiger partial charge in [0.15, 0.2) is 0 Å². The Kier molecular flexibility index (Phi) is 2.18. The first-order valence-electron chi connectivity index (χ1n) is 5.70. The van der Waals surface area contributed by atoms with E-state index in [1.54, 1.807) is 0 Å². The summed E-state index contributed by atoms with van der Waals surface area (Å²) in [6.07, 6.45) is 10.6. The highest BCUT2D eigenvalue weighted by atomic mass is 14.5. The summed E-state index contributed by atoms with van der Waals surface area (Å²) in [5.74, 6) is 2.19. The summed E-state index contributed by atoms with van der Waals surface area (Å²) in [6, 6.07) is 0. The minimum Gasteiger partial charge on any atom is -0.0596 e. The molecule has 0 saturated heterocycles. The third kappa shape index (κ3) is 1.41. The number of rotatable bonds is 0. The van der Waals surface area contributed by atoms with E-state index in [0.29, 0.717) is 5.41 Å². The maximum atomic E-state index is 2.47. The Bertz CT molecular complexity index is 157. The molecular formula is C12H22. The fourth-order valence-electron chi connectivity index (χ4n) is 3.50. The van der Waals surface area contributed by atoms with Gasteiger partial charge in [0, 0.05) is 0 Å². The van der Waals surface area contributed by atoms with Crippen LogP contribution in [0, 0.1) is 17.3 Å². The van der Waals surface area contributed by atoms with Gasteiger partial charge in [-0.05, 0) is 30.1 Å². The van der Waals surface area contributed by atoms with E-state index in [2.05, 4.69) is 13.8 Å². The van der Waals surface area contributed by atoms with Crippen molar-refractivity contribution in [2.75, 3.05) is 0 Å².